The fraction of sp³-hybridized carbons (Fsp3) is 0.640. The number of carbonyl (C=O) groups is 1. The zero-order valence-electron chi connectivity index (χ0n) is 18.1. The van der Waals surface area contributed by atoms with Gasteiger partial charge >= 0.3 is 5.97 Å². The maximum absolute atomic E-state index is 12.5. The van der Waals surface area contributed by atoms with E-state index in [1.165, 1.54) is 60.6 Å². The maximum Gasteiger partial charge on any atom is 0.310 e. The summed E-state index contributed by atoms with van der Waals surface area (Å²) in [5.41, 5.74) is 4.29. The lowest BCUT2D eigenvalue weighted by molar-refractivity contribution is -0.152. The summed E-state index contributed by atoms with van der Waals surface area (Å²) in [6.45, 7) is 0.717. The Morgan fingerprint density at radius 3 is 2.77 bits per heavy atom. The van der Waals surface area contributed by atoms with Gasteiger partial charge in [0.1, 0.15) is 6.61 Å². The van der Waals surface area contributed by atoms with Crippen molar-refractivity contribution in [3.63, 3.8) is 0 Å². The van der Waals surface area contributed by atoms with Crippen molar-refractivity contribution in [1.29, 1.82) is 0 Å². The van der Waals surface area contributed by atoms with Crippen molar-refractivity contribution in [2.45, 2.75) is 69.4 Å². The molecule has 0 bridgehead atoms. The lowest BCUT2D eigenvalue weighted by atomic mass is 9.72. The van der Waals surface area contributed by atoms with Gasteiger partial charge in [-0.15, -0.1) is 0 Å². The predicted octanol–water partition coefficient (Wildman–Crippen LogP) is 4.03. The third kappa shape index (κ3) is 3.46. The van der Waals surface area contributed by atoms with Crippen LogP contribution in [0.25, 0.3) is 10.9 Å². The average molecular weight is 411 g/mol. The molecule has 2 aromatic rings. The number of ether oxygens (including phenoxy) is 1. The van der Waals surface area contributed by atoms with Crippen LogP contribution in [-0.2, 0) is 16.0 Å². The molecule has 1 saturated carbocycles. The van der Waals surface area contributed by atoms with E-state index in [9.17, 15) is 4.79 Å². The maximum atomic E-state index is 12.5. The number of aliphatic hydroxyl groups is 1. The van der Waals surface area contributed by atoms with E-state index < -0.39 is 0 Å². The molecule has 2 heterocycles. The van der Waals surface area contributed by atoms with Crippen molar-refractivity contribution < 1.29 is 14.6 Å². The molecule has 5 rings (SSSR count). The standard InChI is InChI=1S/C25H34N2O3/c1-26-15-18(25(29)30-12-11-28)13-21-20-9-6-10-22-24(20)17(14-23(21)26)16-27(22)19-7-4-2-3-5-8-19/h6,9-10,16,18-19,21,23,28H,2-5,7-8,11-15H2,1H3. The Hall–Kier alpha value is -1.85. The summed E-state index contributed by atoms with van der Waals surface area (Å²) >= 11 is 0. The molecular formula is C25H34N2O3. The van der Waals surface area contributed by atoms with E-state index in [0.29, 0.717) is 18.0 Å². The van der Waals surface area contributed by atoms with Crippen molar-refractivity contribution in [2.75, 3.05) is 26.8 Å². The van der Waals surface area contributed by atoms with E-state index in [-0.39, 0.29) is 25.1 Å². The average Bonchev–Trinajstić information content (AvgIpc) is 2.94. The van der Waals surface area contributed by atoms with Crippen LogP contribution in [0.4, 0.5) is 0 Å². The van der Waals surface area contributed by atoms with Crippen LogP contribution in [0.5, 0.6) is 0 Å². The van der Waals surface area contributed by atoms with Gasteiger partial charge in [0.15, 0.2) is 0 Å². The Kier molecular flexibility index (Phi) is 5.59. The molecule has 5 nitrogen and oxygen atoms in total. The lowest BCUT2D eigenvalue weighted by Gasteiger charge is -2.44. The summed E-state index contributed by atoms with van der Waals surface area (Å²) in [5.74, 6) is 0.0727. The van der Waals surface area contributed by atoms with Crippen LogP contribution >= 0.6 is 0 Å². The molecule has 3 atom stereocenters. The topological polar surface area (TPSA) is 54.7 Å². The molecule has 0 radical (unpaired) electrons. The fourth-order valence-electron chi connectivity index (χ4n) is 6.35. The minimum absolute atomic E-state index is 0.0944. The number of aromatic nitrogens is 1. The minimum Gasteiger partial charge on any atom is -0.463 e. The second kappa shape index (κ2) is 8.35. The Bertz CT molecular complexity index is 912. The molecule has 0 amide bonds. The highest BCUT2D eigenvalue weighted by Crippen LogP contribution is 2.46. The molecule has 1 aliphatic heterocycles. The van der Waals surface area contributed by atoms with Gasteiger partial charge < -0.3 is 19.3 Å². The van der Waals surface area contributed by atoms with Crippen LogP contribution in [0.2, 0.25) is 0 Å². The summed E-state index contributed by atoms with van der Waals surface area (Å²) < 4.78 is 7.86. The minimum atomic E-state index is -0.164. The van der Waals surface area contributed by atoms with Crippen LogP contribution in [0.1, 0.15) is 68.0 Å². The van der Waals surface area contributed by atoms with Crippen molar-refractivity contribution in [1.82, 2.24) is 9.47 Å². The molecule has 1 aromatic carbocycles. The number of likely N-dealkylation sites (N-methyl/N-ethyl adjacent to an activating group) is 1. The van der Waals surface area contributed by atoms with Crippen LogP contribution in [0.3, 0.4) is 0 Å². The third-order valence-electron chi connectivity index (χ3n) is 7.76. The van der Waals surface area contributed by atoms with E-state index in [4.69, 9.17) is 9.84 Å². The van der Waals surface area contributed by atoms with Crippen LogP contribution in [0, 0.1) is 5.92 Å². The van der Waals surface area contributed by atoms with E-state index in [2.05, 4.69) is 40.9 Å². The van der Waals surface area contributed by atoms with Gasteiger partial charge in [0.25, 0.3) is 0 Å². The van der Waals surface area contributed by atoms with Gasteiger partial charge in [-0.3, -0.25) is 4.79 Å². The molecule has 3 unspecified atom stereocenters. The first-order valence-corrected chi connectivity index (χ1v) is 11.8. The van der Waals surface area contributed by atoms with Crippen molar-refractivity contribution >= 4 is 16.9 Å². The van der Waals surface area contributed by atoms with Gasteiger partial charge in [-0.1, -0.05) is 37.8 Å². The quantitative estimate of drug-likeness (QED) is 0.611. The molecule has 3 aliphatic rings. The van der Waals surface area contributed by atoms with E-state index in [1.807, 2.05) is 0 Å². The van der Waals surface area contributed by atoms with Gasteiger partial charge in [-0.05, 0) is 49.9 Å². The Labute approximate surface area is 179 Å². The zero-order chi connectivity index (χ0) is 20.7. The number of piperidine rings is 1. The van der Waals surface area contributed by atoms with Gasteiger partial charge in [0, 0.05) is 41.6 Å². The third-order valence-corrected chi connectivity index (χ3v) is 7.76. The molecule has 2 aliphatic carbocycles. The van der Waals surface area contributed by atoms with Gasteiger partial charge in [-0.2, -0.15) is 0 Å². The molecule has 162 valence electrons. The first kappa shape index (κ1) is 20.1. The van der Waals surface area contributed by atoms with E-state index >= 15 is 0 Å². The highest BCUT2D eigenvalue weighted by molar-refractivity contribution is 5.89. The van der Waals surface area contributed by atoms with Crippen molar-refractivity contribution in [2.24, 2.45) is 5.92 Å². The second-order valence-electron chi connectivity index (χ2n) is 9.59. The van der Waals surface area contributed by atoms with Crippen LogP contribution in [-0.4, -0.2) is 53.4 Å². The SMILES string of the molecule is CN1CC(C(=O)OCCO)CC2c3cccc4c3c(cn4C3CCCCCC3)CC21. The van der Waals surface area contributed by atoms with E-state index in [1.54, 1.807) is 0 Å². The number of rotatable bonds is 4. The number of fused-ring (bicyclic) bond motifs is 2. The normalized spacial score (nSPS) is 27.6. The van der Waals surface area contributed by atoms with Gasteiger partial charge in [0.05, 0.1) is 12.5 Å². The summed E-state index contributed by atoms with van der Waals surface area (Å²) in [5, 5.41) is 10.4. The Morgan fingerprint density at radius 1 is 1.20 bits per heavy atom. The molecule has 1 aromatic heterocycles. The molecular weight excluding hydrogens is 376 g/mol. The first-order valence-electron chi connectivity index (χ1n) is 11.8. The van der Waals surface area contributed by atoms with Gasteiger partial charge in [-0.25, -0.2) is 0 Å². The Morgan fingerprint density at radius 2 is 2.00 bits per heavy atom. The summed E-state index contributed by atoms with van der Waals surface area (Å²) in [4.78, 5) is 14.9. The molecule has 2 fully saturated rings. The molecule has 0 spiro atoms. The van der Waals surface area contributed by atoms with Gasteiger partial charge in [0.2, 0.25) is 0 Å². The van der Waals surface area contributed by atoms with Crippen LogP contribution < -0.4 is 0 Å². The highest BCUT2D eigenvalue weighted by atomic mass is 16.5. The number of likely N-dealkylation sites (tertiary alicyclic amines) is 1. The van der Waals surface area contributed by atoms with Crippen molar-refractivity contribution in [3.8, 4) is 0 Å². The number of aliphatic hydroxyl groups excluding tert-OH is 1. The summed E-state index contributed by atoms with van der Waals surface area (Å²) in [6, 6.07) is 7.86. The predicted molar refractivity (Wildman–Crippen MR) is 118 cm³/mol. The smallest absolute Gasteiger partial charge is 0.310 e. The summed E-state index contributed by atoms with van der Waals surface area (Å²) in [6.07, 6.45) is 12.4. The molecule has 5 heteroatoms. The molecule has 1 saturated heterocycles. The number of esters is 1. The first-order chi connectivity index (χ1) is 14.7. The van der Waals surface area contributed by atoms with Crippen molar-refractivity contribution in [3.05, 3.63) is 35.5 Å². The Balaban J connectivity index is 1.49. The number of nitrogens with zero attached hydrogens (tertiary/aromatic N) is 2. The monoisotopic (exact) mass is 410 g/mol. The molecule has 30 heavy (non-hydrogen) atoms. The number of hydrogen-bond acceptors (Lipinski definition) is 4. The lowest BCUT2D eigenvalue weighted by Crippen LogP contribution is -2.49. The number of carbonyl (C=O) groups excluding carboxylic acids is 1. The number of hydrogen-bond donors (Lipinski definition) is 1. The summed E-state index contributed by atoms with van der Waals surface area (Å²) in [7, 11) is 2.15. The zero-order valence-corrected chi connectivity index (χ0v) is 18.1. The molecule has 1 N–H and O–H groups in total. The largest absolute Gasteiger partial charge is 0.463 e. The fourth-order valence-corrected chi connectivity index (χ4v) is 6.35. The number of benzene rings is 1. The van der Waals surface area contributed by atoms with Crippen LogP contribution in [0.15, 0.2) is 24.4 Å². The van der Waals surface area contributed by atoms with E-state index in [0.717, 1.165) is 19.4 Å². The highest BCUT2D eigenvalue weighted by Gasteiger charge is 2.42. The second-order valence-corrected chi connectivity index (χ2v) is 9.59.